The van der Waals surface area contributed by atoms with E-state index in [0.29, 0.717) is 12.2 Å². The number of furan rings is 1. The zero-order valence-corrected chi connectivity index (χ0v) is 19.4. The smallest absolute Gasteiger partial charge is 0.245 e. The van der Waals surface area contributed by atoms with E-state index in [1.165, 1.54) is 0 Å². The Labute approximate surface area is 198 Å². The largest absolute Gasteiger partial charge is 0.497 e. The highest BCUT2D eigenvalue weighted by Crippen LogP contribution is 2.39. The fourth-order valence-corrected chi connectivity index (χ4v) is 4.13. The Morgan fingerprint density at radius 1 is 1.06 bits per heavy atom. The van der Waals surface area contributed by atoms with Crippen molar-refractivity contribution in [3.05, 3.63) is 90.5 Å². The Bertz CT molecular complexity index is 1310. The summed E-state index contributed by atoms with van der Waals surface area (Å²) in [6.45, 7) is 3.77. The van der Waals surface area contributed by atoms with Crippen LogP contribution < -0.4 is 4.74 Å². The molecule has 0 aliphatic carbocycles. The predicted octanol–water partition coefficient (Wildman–Crippen LogP) is 5.47. The Balaban J connectivity index is 1.63. The van der Waals surface area contributed by atoms with Crippen molar-refractivity contribution >= 4 is 11.6 Å². The van der Waals surface area contributed by atoms with Crippen LogP contribution in [-0.4, -0.2) is 33.5 Å². The molecule has 1 aliphatic heterocycles. The summed E-state index contributed by atoms with van der Waals surface area (Å²) in [5, 5.41) is 11.2. The number of para-hydroxylation sites is 1. The van der Waals surface area contributed by atoms with Gasteiger partial charge in [0.25, 0.3) is 0 Å². The molecule has 1 amide bonds. The van der Waals surface area contributed by atoms with Crippen molar-refractivity contribution in [3.8, 4) is 22.7 Å². The molecule has 0 bridgehead atoms. The van der Waals surface area contributed by atoms with Crippen LogP contribution in [0.15, 0.2) is 88.7 Å². The Hall–Kier alpha value is -4.13. The summed E-state index contributed by atoms with van der Waals surface area (Å²) < 4.78 is 12.8. The average molecular weight is 455 g/mol. The first-order chi connectivity index (χ1) is 16.5. The van der Waals surface area contributed by atoms with Crippen LogP contribution in [-0.2, 0) is 4.79 Å². The molecule has 34 heavy (non-hydrogen) atoms. The van der Waals surface area contributed by atoms with Crippen LogP contribution in [0.2, 0.25) is 0 Å². The van der Waals surface area contributed by atoms with Crippen molar-refractivity contribution in [2.24, 2.45) is 11.0 Å². The minimum absolute atomic E-state index is 0.0419. The number of carbonyl (C=O) groups is 1. The molecule has 5 rings (SSSR count). The predicted molar refractivity (Wildman–Crippen MR) is 130 cm³/mol. The number of methoxy groups -OCH3 is 1. The van der Waals surface area contributed by atoms with E-state index < -0.39 is 0 Å². The maximum atomic E-state index is 13.2. The van der Waals surface area contributed by atoms with E-state index in [-0.39, 0.29) is 17.9 Å². The molecule has 2 aromatic carbocycles. The van der Waals surface area contributed by atoms with Gasteiger partial charge in [-0.1, -0.05) is 32.0 Å². The molecule has 0 radical (unpaired) electrons. The summed E-state index contributed by atoms with van der Waals surface area (Å²) in [5.41, 5.74) is 4.35. The van der Waals surface area contributed by atoms with Gasteiger partial charge in [-0.2, -0.15) is 10.2 Å². The van der Waals surface area contributed by atoms with Crippen molar-refractivity contribution in [1.82, 2.24) is 14.8 Å². The van der Waals surface area contributed by atoms with Gasteiger partial charge in [0, 0.05) is 29.7 Å². The van der Waals surface area contributed by atoms with Gasteiger partial charge in [0.15, 0.2) is 0 Å². The fraction of sp³-hybridized carbons (Fsp3) is 0.222. The topological polar surface area (TPSA) is 72.9 Å². The molecule has 1 atom stereocenters. The lowest BCUT2D eigenvalue weighted by Gasteiger charge is -2.23. The summed E-state index contributed by atoms with van der Waals surface area (Å²) in [7, 11) is 1.64. The van der Waals surface area contributed by atoms with E-state index in [1.807, 2.05) is 91.5 Å². The molecular formula is C27H26N4O3. The monoisotopic (exact) mass is 454 g/mol. The molecule has 3 heterocycles. The van der Waals surface area contributed by atoms with Crippen LogP contribution in [0.1, 0.15) is 37.6 Å². The van der Waals surface area contributed by atoms with E-state index in [2.05, 4.69) is 0 Å². The number of ether oxygens (including phenoxy) is 1. The molecular weight excluding hydrogens is 428 g/mol. The lowest BCUT2D eigenvalue weighted by Crippen LogP contribution is -2.30. The minimum atomic E-state index is -0.301. The quantitative estimate of drug-likeness (QED) is 0.387. The SMILES string of the molecule is COc1ccc(-c2nn(-c3ccccc3)cc2[C@@H]2CC(c3ccco3)=NN2C(=O)C(C)C)cc1. The minimum Gasteiger partial charge on any atom is -0.497 e. The van der Waals surface area contributed by atoms with Crippen molar-refractivity contribution in [2.45, 2.75) is 26.3 Å². The van der Waals surface area contributed by atoms with Gasteiger partial charge < -0.3 is 9.15 Å². The fourth-order valence-electron chi connectivity index (χ4n) is 4.13. The second-order valence-corrected chi connectivity index (χ2v) is 8.52. The lowest BCUT2D eigenvalue weighted by atomic mass is 9.97. The zero-order valence-electron chi connectivity index (χ0n) is 19.4. The summed E-state index contributed by atoms with van der Waals surface area (Å²) in [5.74, 6) is 1.20. The molecule has 2 aromatic heterocycles. The molecule has 1 aliphatic rings. The molecule has 0 spiro atoms. The number of carbonyl (C=O) groups excluding carboxylic acids is 1. The average Bonchev–Trinajstić information content (AvgIpc) is 3.63. The summed E-state index contributed by atoms with van der Waals surface area (Å²) in [6, 6.07) is 21.1. The van der Waals surface area contributed by atoms with Crippen molar-refractivity contribution in [2.75, 3.05) is 7.11 Å². The molecule has 0 fully saturated rings. The lowest BCUT2D eigenvalue weighted by molar-refractivity contribution is -0.136. The number of hydrazone groups is 1. The van der Waals surface area contributed by atoms with Gasteiger partial charge in [-0.05, 0) is 48.5 Å². The molecule has 7 nitrogen and oxygen atoms in total. The standard InChI is InChI=1S/C27H26N4O3/c1-18(2)27(32)31-24(16-23(28-31)25-10-7-15-34-25)22-17-30(20-8-5-4-6-9-20)29-26(22)19-11-13-21(33-3)14-12-19/h4-15,17-18,24H,16H2,1-3H3/t24-/m0/s1. The normalized spacial score (nSPS) is 15.6. The number of amides is 1. The number of nitrogens with zero attached hydrogens (tertiary/aromatic N) is 4. The molecule has 4 aromatic rings. The summed E-state index contributed by atoms with van der Waals surface area (Å²) in [4.78, 5) is 13.2. The first-order valence-electron chi connectivity index (χ1n) is 11.3. The second-order valence-electron chi connectivity index (χ2n) is 8.52. The van der Waals surface area contributed by atoms with E-state index in [1.54, 1.807) is 18.4 Å². The molecule has 7 heteroatoms. The third-order valence-corrected chi connectivity index (χ3v) is 5.92. The van der Waals surface area contributed by atoms with Gasteiger partial charge in [-0.25, -0.2) is 9.69 Å². The van der Waals surface area contributed by atoms with Crippen LogP contribution in [0.25, 0.3) is 16.9 Å². The van der Waals surface area contributed by atoms with Crippen molar-refractivity contribution in [3.63, 3.8) is 0 Å². The van der Waals surface area contributed by atoms with E-state index >= 15 is 0 Å². The maximum absolute atomic E-state index is 13.2. The molecule has 0 unspecified atom stereocenters. The van der Waals surface area contributed by atoms with E-state index in [0.717, 1.165) is 34.0 Å². The van der Waals surface area contributed by atoms with Crippen molar-refractivity contribution in [1.29, 1.82) is 0 Å². The van der Waals surface area contributed by atoms with Gasteiger partial charge in [0.1, 0.15) is 17.2 Å². The van der Waals surface area contributed by atoms with Gasteiger partial charge in [0.05, 0.1) is 30.8 Å². The first-order valence-corrected chi connectivity index (χ1v) is 11.3. The third-order valence-electron chi connectivity index (χ3n) is 5.92. The maximum Gasteiger partial charge on any atom is 0.245 e. The number of hydrogen-bond acceptors (Lipinski definition) is 5. The van der Waals surface area contributed by atoms with Crippen LogP contribution in [0.3, 0.4) is 0 Å². The van der Waals surface area contributed by atoms with Crippen LogP contribution >= 0.6 is 0 Å². The third kappa shape index (κ3) is 4.01. The Morgan fingerprint density at radius 3 is 2.47 bits per heavy atom. The van der Waals surface area contributed by atoms with Crippen LogP contribution in [0.5, 0.6) is 5.75 Å². The van der Waals surface area contributed by atoms with Gasteiger partial charge in [-0.3, -0.25) is 4.79 Å². The number of hydrogen-bond donors (Lipinski definition) is 0. The Kier molecular flexibility index (Phi) is 5.76. The highest BCUT2D eigenvalue weighted by Gasteiger charge is 2.37. The van der Waals surface area contributed by atoms with Crippen LogP contribution in [0, 0.1) is 5.92 Å². The molecule has 0 N–H and O–H groups in total. The number of aromatic nitrogens is 2. The number of rotatable bonds is 6. The molecule has 0 saturated heterocycles. The van der Waals surface area contributed by atoms with Crippen molar-refractivity contribution < 1.29 is 13.9 Å². The zero-order chi connectivity index (χ0) is 23.7. The van der Waals surface area contributed by atoms with Gasteiger partial charge >= 0.3 is 0 Å². The second kappa shape index (κ2) is 9.02. The number of benzene rings is 2. The molecule has 172 valence electrons. The first kappa shape index (κ1) is 21.7. The Morgan fingerprint density at radius 2 is 1.82 bits per heavy atom. The molecule has 0 saturated carbocycles. The highest BCUT2D eigenvalue weighted by atomic mass is 16.5. The van der Waals surface area contributed by atoms with E-state index in [4.69, 9.17) is 19.4 Å². The van der Waals surface area contributed by atoms with Gasteiger partial charge in [-0.15, -0.1) is 0 Å². The van der Waals surface area contributed by atoms with Crippen LogP contribution in [0.4, 0.5) is 0 Å². The summed E-state index contributed by atoms with van der Waals surface area (Å²) >= 11 is 0. The van der Waals surface area contributed by atoms with Gasteiger partial charge in [0.2, 0.25) is 5.91 Å². The summed E-state index contributed by atoms with van der Waals surface area (Å²) in [6.07, 6.45) is 4.16. The highest BCUT2D eigenvalue weighted by molar-refractivity contribution is 6.01. The van der Waals surface area contributed by atoms with E-state index in [9.17, 15) is 4.79 Å².